The van der Waals surface area contributed by atoms with Gasteiger partial charge in [0.1, 0.15) is 5.75 Å². The van der Waals surface area contributed by atoms with Gasteiger partial charge in [-0.25, -0.2) is 0 Å². The van der Waals surface area contributed by atoms with Crippen LogP contribution in [0.2, 0.25) is 0 Å². The quantitative estimate of drug-likeness (QED) is 0.164. The van der Waals surface area contributed by atoms with Crippen molar-refractivity contribution in [1.29, 1.82) is 0 Å². The molecule has 0 saturated carbocycles. The molecule has 6 nitrogen and oxygen atoms in total. The summed E-state index contributed by atoms with van der Waals surface area (Å²) in [4.78, 5) is 4.21. The van der Waals surface area contributed by atoms with Crippen LogP contribution in [0.25, 0.3) is 0 Å². The summed E-state index contributed by atoms with van der Waals surface area (Å²) in [5, 5.41) is 6.55. The molecule has 0 atom stereocenters. The summed E-state index contributed by atoms with van der Waals surface area (Å²) in [6, 6.07) is 8.16. The van der Waals surface area contributed by atoms with Crippen LogP contribution < -0.4 is 15.4 Å². The Balaban J connectivity index is 0.00000729. The number of aliphatic imine (C=N–C) groups is 1. The molecule has 0 spiro atoms. The first-order valence-electron chi connectivity index (χ1n) is 10.1. The third-order valence-corrected chi connectivity index (χ3v) is 3.93. The van der Waals surface area contributed by atoms with Gasteiger partial charge in [0.2, 0.25) is 0 Å². The van der Waals surface area contributed by atoms with Crippen LogP contribution in [0.5, 0.6) is 5.75 Å². The molecular formula is C21H38IN3O3. The third-order valence-electron chi connectivity index (χ3n) is 3.93. The summed E-state index contributed by atoms with van der Waals surface area (Å²) in [5.74, 6) is 1.74. The molecule has 0 fully saturated rings. The molecule has 162 valence electrons. The van der Waals surface area contributed by atoms with Crippen molar-refractivity contribution in [2.75, 3.05) is 53.2 Å². The number of ether oxygens (including phenoxy) is 3. The lowest BCUT2D eigenvalue weighted by atomic mass is 10.2. The maximum Gasteiger partial charge on any atom is 0.191 e. The zero-order valence-corrected chi connectivity index (χ0v) is 20.0. The highest BCUT2D eigenvalue weighted by Crippen LogP contribution is 2.11. The molecule has 7 heteroatoms. The number of hydrogen-bond donors (Lipinski definition) is 2. The number of rotatable bonds is 15. The lowest BCUT2D eigenvalue weighted by Gasteiger charge is -2.12. The van der Waals surface area contributed by atoms with Gasteiger partial charge < -0.3 is 24.8 Å². The van der Waals surface area contributed by atoms with Crippen molar-refractivity contribution < 1.29 is 14.2 Å². The summed E-state index contributed by atoms with van der Waals surface area (Å²) in [6.45, 7) is 9.32. The van der Waals surface area contributed by atoms with Crippen LogP contribution in [0.3, 0.4) is 0 Å². The van der Waals surface area contributed by atoms with Gasteiger partial charge in [0.15, 0.2) is 5.96 Å². The molecule has 28 heavy (non-hydrogen) atoms. The predicted molar refractivity (Wildman–Crippen MR) is 127 cm³/mol. The lowest BCUT2D eigenvalue weighted by molar-refractivity contribution is 0.0487. The Bertz CT molecular complexity index is 498. The minimum Gasteiger partial charge on any atom is -0.494 e. The number of unbranched alkanes of at least 4 members (excludes halogenated alkanes) is 2. The van der Waals surface area contributed by atoms with E-state index in [0.29, 0.717) is 19.8 Å². The number of aryl methyl sites for hydroxylation is 1. The first-order chi connectivity index (χ1) is 13.3. The molecule has 0 aliphatic carbocycles. The van der Waals surface area contributed by atoms with E-state index in [1.165, 1.54) is 5.56 Å². The van der Waals surface area contributed by atoms with Crippen molar-refractivity contribution in [3.63, 3.8) is 0 Å². The van der Waals surface area contributed by atoms with E-state index < -0.39 is 0 Å². The van der Waals surface area contributed by atoms with Crippen molar-refractivity contribution in [1.82, 2.24) is 10.6 Å². The molecule has 1 aromatic carbocycles. The number of nitrogens with zero attached hydrogens (tertiary/aromatic N) is 1. The highest BCUT2D eigenvalue weighted by Gasteiger charge is 1.98. The molecule has 0 aliphatic heterocycles. The second-order valence-corrected chi connectivity index (χ2v) is 6.37. The molecule has 0 unspecified atom stereocenters. The average Bonchev–Trinajstić information content (AvgIpc) is 2.69. The Morgan fingerprint density at radius 3 is 2.21 bits per heavy atom. The van der Waals surface area contributed by atoms with Crippen LogP contribution in [0.4, 0.5) is 0 Å². The Labute approximate surface area is 187 Å². The fourth-order valence-electron chi connectivity index (χ4n) is 2.29. The van der Waals surface area contributed by atoms with Crippen LogP contribution in [-0.4, -0.2) is 59.1 Å². The van der Waals surface area contributed by atoms with Crippen LogP contribution in [0.15, 0.2) is 29.3 Å². The van der Waals surface area contributed by atoms with Gasteiger partial charge in [0, 0.05) is 26.7 Å². The summed E-state index contributed by atoms with van der Waals surface area (Å²) in [7, 11) is 1.78. The Morgan fingerprint density at radius 2 is 1.54 bits per heavy atom. The minimum atomic E-state index is 0. The molecule has 2 N–H and O–H groups in total. The van der Waals surface area contributed by atoms with Gasteiger partial charge in [-0.1, -0.05) is 31.0 Å². The van der Waals surface area contributed by atoms with Gasteiger partial charge >= 0.3 is 0 Å². The Morgan fingerprint density at radius 1 is 0.857 bits per heavy atom. The molecule has 1 rings (SSSR count). The first-order valence-corrected chi connectivity index (χ1v) is 10.1. The van der Waals surface area contributed by atoms with Gasteiger partial charge in [-0.15, -0.1) is 24.0 Å². The minimum absolute atomic E-state index is 0. The second-order valence-electron chi connectivity index (χ2n) is 6.37. The summed E-state index contributed by atoms with van der Waals surface area (Å²) in [5.41, 5.74) is 1.25. The standard InChI is InChI=1S/C21H37N3O3.HI/c1-4-5-14-25-17-18-26-16-13-24-21(22-3)23-12-6-7-15-27-20-10-8-19(2)9-11-20;/h8-11H,4-7,12-18H2,1-3H3,(H2,22,23,24);1H. The van der Waals surface area contributed by atoms with Gasteiger partial charge in [-0.2, -0.15) is 0 Å². The van der Waals surface area contributed by atoms with E-state index in [-0.39, 0.29) is 24.0 Å². The maximum atomic E-state index is 5.73. The smallest absolute Gasteiger partial charge is 0.191 e. The molecule has 0 aromatic heterocycles. The van der Waals surface area contributed by atoms with E-state index in [4.69, 9.17) is 14.2 Å². The number of benzene rings is 1. The van der Waals surface area contributed by atoms with E-state index in [1.54, 1.807) is 7.05 Å². The van der Waals surface area contributed by atoms with Gasteiger partial charge in [-0.05, 0) is 38.3 Å². The number of halogens is 1. The van der Waals surface area contributed by atoms with Crippen LogP contribution in [0, 0.1) is 6.92 Å². The number of hydrogen-bond acceptors (Lipinski definition) is 4. The Hall–Kier alpha value is -1.06. The van der Waals surface area contributed by atoms with E-state index in [2.05, 4.69) is 41.6 Å². The zero-order valence-electron chi connectivity index (χ0n) is 17.7. The fourth-order valence-corrected chi connectivity index (χ4v) is 2.29. The molecular weight excluding hydrogens is 469 g/mol. The fraction of sp³-hybridized carbons (Fsp3) is 0.667. The van der Waals surface area contributed by atoms with Gasteiger partial charge in [-0.3, -0.25) is 4.99 Å². The SMILES string of the molecule is CCCCOCCOCCNC(=NC)NCCCCOc1ccc(C)cc1.I. The van der Waals surface area contributed by atoms with E-state index in [1.807, 2.05) is 12.1 Å². The van der Waals surface area contributed by atoms with Crippen LogP contribution in [-0.2, 0) is 9.47 Å². The van der Waals surface area contributed by atoms with Crippen molar-refractivity contribution in [2.45, 2.75) is 39.5 Å². The first kappa shape index (κ1) is 26.9. The normalized spacial score (nSPS) is 11.0. The molecule has 0 heterocycles. The van der Waals surface area contributed by atoms with Crippen LogP contribution in [0.1, 0.15) is 38.2 Å². The molecule has 0 bridgehead atoms. The van der Waals surface area contributed by atoms with Crippen molar-refractivity contribution in [2.24, 2.45) is 4.99 Å². The van der Waals surface area contributed by atoms with Crippen molar-refractivity contribution in [3.8, 4) is 5.75 Å². The third kappa shape index (κ3) is 14.9. The maximum absolute atomic E-state index is 5.73. The largest absolute Gasteiger partial charge is 0.494 e. The predicted octanol–water partition coefficient (Wildman–Crippen LogP) is 3.77. The monoisotopic (exact) mass is 507 g/mol. The highest BCUT2D eigenvalue weighted by molar-refractivity contribution is 14.0. The molecule has 0 saturated heterocycles. The number of nitrogens with one attached hydrogen (secondary N) is 2. The van der Waals surface area contributed by atoms with E-state index >= 15 is 0 Å². The highest BCUT2D eigenvalue weighted by atomic mass is 127. The average molecular weight is 507 g/mol. The van der Waals surface area contributed by atoms with Crippen LogP contribution >= 0.6 is 24.0 Å². The van der Waals surface area contributed by atoms with E-state index in [0.717, 1.165) is 63.7 Å². The topological polar surface area (TPSA) is 64.1 Å². The lowest BCUT2D eigenvalue weighted by Crippen LogP contribution is -2.39. The molecule has 0 aliphatic rings. The summed E-state index contributed by atoms with van der Waals surface area (Å²) >= 11 is 0. The Kier molecular flexibility index (Phi) is 18.5. The van der Waals surface area contributed by atoms with Gasteiger partial charge in [0.25, 0.3) is 0 Å². The summed E-state index contributed by atoms with van der Waals surface area (Å²) < 4.78 is 16.7. The van der Waals surface area contributed by atoms with Crippen molar-refractivity contribution >= 4 is 29.9 Å². The second kappa shape index (κ2) is 19.3. The van der Waals surface area contributed by atoms with Crippen molar-refractivity contribution in [3.05, 3.63) is 29.8 Å². The zero-order chi connectivity index (χ0) is 19.6. The van der Waals surface area contributed by atoms with Gasteiger partial charge in [0.05, 0.1) is 26.4 Å². The molecule has 1 aromatic rings. The molecule has 0 amide bonds. The molecule has 0 radical (unpaired) electrons. The summed E-state index contributed by atoms with van der Waals surface area (Å²) in [6.07, 6.45) is 4.30. The number of guanidine groups is 1. The van der Waals surface area contributed by atoms with E-state index in [9.17, 15) is 0 Å².